The van der Waals surface area contributed by atoms with Gasteiger partial charge in [-0.25, -0.2) is 0 Å². The van der Waals surface area contributed by atoms with E-state index in [0.717, 1.165) is 0 Å². The molecule has 7 heteroatoms. The lowest BCUT2D eigenvalue weighted by Gasteiger charge is -2.02. The Kier molecular flexibility index (Phi) is 5.27. The zero-order chi connectivity index (χ0) is 12.0. The van der Waals surface area contributed by atoms with Gasteiger partial charge in [0, 0.05) is 20.6 Å². The van der Waals surface area contributed by atoms with Gasteiger partial charge in [0.15, 0.2) is 5.17 Å². The molecule has 1 saturated heterocycles. The number of hydrogen-bond donors (Lipinski definition) is 2. The minimum Gasteiger partial charge on any atom is -0.383 e. The molecule has 2 N–H and O–H groups in total. The van der Waals surface area contributed by atoms with Crippen LogP contribution < -0.4 is 10.6 Å². The molecule has 0 aromatic carbocycles. The maximum Gasteiger partial charge on any atom is 0.240 e. The largest absolute Gasteiger partial charge is 0.383 e. The summed E-state index contributed by atoms with van der Waals surface area (Å²) in [5.41, 5.74) is 0. The van der Waals surface area contributed by atoms with Crippen LogP contribution in [-0.2, 0) is 14.3 Å². The van der Waals surface area contributed by atoms with E-state index >= 15 is 0 Å². The third-order valence-corrected chi connectivity index (χ3v) is 3.10. The number of methoxy groups -OCH3 is 1. The summed E-state index contributed by atoms with van der Waals surface area (Å²) in [7, 11) is 3.14. The fraction of sp³-hybridized carbons (Fsp3) is 0.667. The zero-order valence-corrected chi connectivity index (χ0v) is 10.1. The molecule has 1 atom stereocenters. The average Bonchev–Trinajstić information content (AvgIpc) is 2.60. The summed E-state index contributed by atoms with van der Waals surface area (Å²) in [6, 6.07) is 0. The molecule has 1 heterocycles. The number of aliphatic imine (C=N–C) groups is 1. The monoisotopic (exact) mass is 245 g/mol. The first kappa shape index (κ1) is 13.0. The molecule has 16 heavy (non-hydrogen) atoms. The van der Waals surface area contributed by atoms with E-state index in [9.17, 15) is 9.59 Å². The molecule has 1 aliphatic rings. The standard InChI is InChI=1S/C9H15N3O3S/c1-10-7(13)5-6-8(14)12-9(16-6)11-3-4-15-2/h6H,3-5H2,1-2H3,(H,10,13)(H,11,12,14)/t6-/m1/s1. The number of rotatable bonds is 5. The van der Waals surface area contributed by atoms with Gasteiger partial charge in [0.05, 0.1) is 13.2 Å². The van der Waals surface area contributed by atoms with Crippen LogP contribution in [0.3, 0.4) is 0 Å². The van der Waals surface area contributed by atoms with Gasteiger partial charge in [0.25, 0.3) is 0 Å². The second-order valence-corrected chi connectivity index (χ2v) is 4.34. The molecule has 0 unspecified atom stereocenters. The van der Waals surface area contributed by atoms with Crippen LogP contribution in [0.1, 0.15) is 6.42 Å². The van der Waals surface area contributed by atoms with Crippen LogP contribution in [0, 0.1) is 0 Å². The molecular formula is C9H15N3O3S. The highest BCUT2D eigenvalue weighted by Crippen LogP contribution is 2.21. The quantitative estimate of drug-likeness (QED) is 0.631. The third kappa shape index (κ3) is 3.82. The lowest BCUT2D eigenvalue weighted by Crippen LogP contribution is -2.29. The number of amides is 2. The van der Waals surface area contributed by atoms with Crippen molar-refractivity contribution < 1.29 is 14.3 Å². The molecule has 90 valence electrons. The molecule has 0 aromatic heterocycles. The molecule has 1 rings (SSSR count). The van der Waals surface area contributed by atoms with Gasteiger partial charge >= 0.3 is 0 Å². The molecule has 2 amide bonds. The van der Waals surface area contributed by atoms with Crippen molar-refractivity contribution in [1.29, 1.82) is 0 Å². The molecule has 6 nitrogen and oxygen atoms in total. The summed E-state index contributed by atoms with van der Waals surface area (Å²) in [5.74, 6) is -0.310. The highest BCUT2D eigenvalue weighted by atomic mass is 32.2. The first-order chi connectivity index (χ1) is 7.67. The van der Waals surface area contributed by atoms with Crippen LogP contribution in [0.5, 0.6) is 0 Å². The van der Waals surface area contributed by atoms with Gasteiger partial charge in [-0.05, 0) is 0 Å². The second-order valence-electron chi connectivity index (χ2n) is 3.15. The van der Waals surface area contributed by atoms with E-state index in [-0.39, 0.29) is 23.5 Å². The van der Waals surface area contributed by atoms with Crippen LogP contribution in [0.4, 0.5) is 0 Å². The highest BCUT2D eigenvalue weighted by molar-refractivity contribution is 8.15. The summed E-state index contributed by atoms with van der Waals surface area (Å²) in [4.78, 5) is 26.7. The minimum atomic E-state index is -0.374. The smallest absolute Gasteiger partial charge is 0.240 e. The van der Waals surface area contributed by atoms with Crippen molar-refractivity contribution in [3.8, 4) is 0 Å². The predicted molar refractivity (Wildman–Crippen MR) is 62.4 cm³/mol. The summed E-state index contributed by atoms with van der Waals surface area (Å²) in [5, 5.41) is 5.31. The predicted octanol–water partition coefficient (Wildman–Crippen LogP) is -0.643. The number of nitrogens with one attached hydrogen (secondary N) is 2. The van der Waals surface area contributed by atoms with Crippen molar-refractivity contribution in [3.05, 3.63) is 0 Å². The molecule has 0 bridgehead atoms. The topological polar surface area (TPSA) is 79.8 Å². The normalized spacial score (nSPS) is 22.2. The Morgan fingerprint density at radius 1 is 1.69 bits per heavy atom. The minimum absolute atomic E-state index is 0.147. The summed E-state index contributed by atoms with van der Waals surface area (Å²) >= 11 is 1.29. The molecule has 0 aromatic rings. The number of carbonyl (C=O) groups is 2. The summed E-state index contributed by atoms with van der Waals surface area (Å²) in [6.45, 7) is 1.02. The average molecular weight is 245 g/mol. The van der Waals surface area contributed by atoms with Gasteiger partial charge in [-0.3, -0.25) is 14.6 Å². The highest BCUT2D eigenvalue weighted by Gasteiger charge is 2.31. The SMILES string of the molecule is CNC(=O)C[C@H]1SC(=NCCOC)NC1=O. The van der Waals surface area contributed by atoms with Crippen LogP contribution in [-0.4, -0.2) is 49.5 Å². The summed E-state index contributed by atoms with van der Waals surface area (Å²) < 4.78 is 4.84. The van der Waals surface area contributed by atoms with Gasteiger partial charge in [-0.1, -0.05) is 11.8 Å². The van der Waals surface area contributed by atoms with E-state index in [4.69, 9.17) is 4.74 Å². The first-order valence-corrected chi connectivity index (χ1v) is 5.76. The Morgan fingerprint density at radius 2 is 2.44 bits per heavy atom. The number of hydrogen-bond acceptors (Lipinski definition) is 5. The van der Waals surface area contributed by atoms with Crippen LogP contribution in [0.2, 0.25) is 0 Å². The maximum absolute atomic E-state index is 11.4. The Labute approximate surface area is 98.2 Å². The second kappa shape index (κ2) is 6.49. The van der Waals surface area contributed by atoms with E-state index in [1.807, 2.05) is 0 Å². The molecular weight excluding hydrogens is 230 g/mol. The Balaban J connectivity index is 2.44. The van der Waals surface area contributed by atoms with E-state index < -0.39 is 0 Å². The first-order valence-electron chi connectivity index (χ1n) is 4.89. The van der Waals surface area contributed by atoms with E-state index in [1.165, 1.54) is 11.8 Å². The van der Waals surface area contributed by atoms with Gasteiger partial charge in [0.1, 0.15) is 5.25 Å². The Morgan fingerprint density at radius 3 is 3.06 bits per heavy atom. The Hall–Kier alpha value is -1.08. The fourth-order valence-corrected chi connectivity index (χ4v) is 2.12. The molecule has 1 aliphatic heterocycles. The maximum atomic E-state index is 11.4. The molecule has 0 saturated carbocycles. The van der Waals surface area contributed by atoms with Crippen molar-refractivity contribution >= 4 is 28.7 Å². The summed E-state index contributed by atoms with van der Waals surface area (Å²) in [6.07, 6.45) is 0.177. The van der Waals surface area contributed by atoms with E-state index in [0.29, 0.717) is 18.3 Å². The molecule has 1 fully saturated rings. The van der Waals surface area contributed by atoms with Gasteiger partial charge in [-0.2, -0.15) is 0 Å². The lowest BCUT2D eigenvalue weighted by molar-refractivity contribution is -0.124. The van der Waals surface area contributed by atoms with Crippen molar-refractivity contribution in [2.45, 2.75) is 11.7 Å². The lowest BCUT2D eigenvalue weighted by atomic mass is 10.3. The number of amidine groups is 1. The number of nitrogens with zero attached hydrogens (tertiary/aromatic N) is 1. The number of carbonyl (C=O) groups excluding carboxylic acids is 2. The zero-order valence-electron chi connectivity index (χ0n) is 9.28. The van der Waals surface area contributed by atoms with Gasteiger partial charge < -0.3 is 15.4 Å². The molecule has 0 radical (unpaired) electrons. The number of ether oxygens (including phenoxy) is 1. The molecule has 0 spiro atoms. The van der Waals surface area contributed by atoms with Gasteiger partial charge in [-0.15, -0.1) is 0 Å². The molecule has 0 aliphatic carbocycles. The van der Waals surface area contributed by atoms with Crippen LogP contribution >= 0.6 is 11.8 Å². The van der Waals surface area contributed by atoms with Crippen LogP contribution in [0.15, 0.2) is 4.99 Å². The Bertz CT molecular complexity index is 306. The number of thioether (sulfide) groups is 1. The van der Waals surface area contributed by atoms with E-state index in [1.54, 1.807) is 14.2 Å². The van der Waals surface area contributed by atoms with Gasteiger partial charge in [0.2, 0.25) is 11.8 Å². The fourth-order valence-electron chi connectivity index (χ4n) is 1.12. The third-order valence-electron chi connectivity index (χ3n) is 1.98. The van der Waals surface area contributed by atoms with E-state index in [2.05, 4.69) is 15.6 Å². The van der Waals surface area contributed by atoms with Crippen molar-refractivity contribution in [1.82, 2.24) is 10.6 Å². The van der Waals surface area contributed by atoms with Crippen molar-refractivity contribution in [2.24, 2.45) is 4.99 Å². The van der Waals surface area contributed by atoms with Crippen molar-refractivity contribution in [3.63, 3.8) is 0 Å². The van der Waals surface area contributed by atoms with Crippen molar-refractivity contribution in [2.75, 3.05) is 27.3 Å². The van der Waals surface area contributed by atoms with Crippen LogP contribution in [0.25, 0.3) is 0 Å².